The number of guanidine groups is 1. The first-order chi connectivity index (χ1) is 11.2. The van der Waals surface area contributed by atoms with Crippen LogP contribution in [0.3, 0.4) is 0 Å². The number of nitrogens with zero attached hydrogens (tertiary/aromatic N) is 4. The average molecular weight is 315 g/mol. The summed E-state index contributed by atoms with van der Waals surface area (Å²) in [7, 11) is 0. The maximum Gasteiger partial charge on any atom is 0.191 e. The molecule has 0 radical (unpaired) electrons. The average Bonchev–Trinajstić information content (AvgIpc) is 2.86. The zero-order chi connectivity index (χ0) is 16.1. The molecule has 0 spiro atoms. The van der Waals surface area contributed by atoms with Crippen LogP contribution in [0.15, 0.2) is 41.5 Å². The summed E-state index contributed by atoms with van der Waals surface area (Å²) in [5.74, 6) is 0.346. The van der Waals surface area contributed by atoms with Crippen molar-refractivity contribution in [3.63, 3.8) is 0 Å². The lowest BCUT2D eigenvalue weighted by Gasteiger charge is -2.20. The van der Waals surface area contributed by atoms with Crippen LogP contribution < -0.4 is 5.73 Å². The van der Waals surface area contributed by atoms with E-state index in [9.17, 15) is 4.39 Å². The van der Waals surface area contributed by atoms with E-state index in [1.54, 1.807) is 16.8 Å². The Morgan fingerprint density at radius 2 is 1.78 bits per heavy atom. The van der Waals surface area contributed by atoms with Crippen LogP contribution in [0.5, 0.6) is 0 Å². The highest BCUT2D eigenvalue weighted by Crippen LogP contribution is 2.11. The number of rotatable bonds is 3. The minimum absolute atomic E-state index is 0.254. The van der Waals surface area contributed by atoms with Crippen LogP contribution in [0.25, 0.3) is 5.69 Å². The van der Waals surface area contributed by atoms with Crippen molar-refractivity contribution in [3.8, 4) is 5.69 Å². The topological polar surface area (TPSA) is 59.4 Å². The van der Waals surface area contributed by atoms with Gasteiger partial charge in [-0.15, -0.1) is 0 Å². The molecule has 1 aromatic carbocycles. The number of benzene rings is 1. The predicted molar refractivity (Wildman–Crippen MR) is 88.9 cm³/mol. The fraction of sp³-hybridized carbons (Fsp3) is 0.412. The summed E-state index contributed by atoms with van der Waals surface area (Å²) < 4.78 is 14.7. The lowest BCUT2D eigenvalue weighted by atomic mass is 10.2. The Bertz CT molecular complexity index is 654. The van der Waals surface area contributed by atoms with Gasteiger partial charge in [-0.3, -0.25) is 0 Å². The second-order valence-electron chi connectivity index (χ2n) is 5.80. The summed E-state index contributed by atoms with van der Waals surface area (Å²) in [5, 5.41) is 4.46. The van der Waals surface area contributed by atoms with Crippen molar-refractivity contribution in [2.24, 2.45) is 10.7 Å². The quantitative estimate of drug-likeness (QED) is 0.700. The van der Waals surface area contributed by atoms with E-state index in [2.05, 4.69) is 15.0 Å². The van der Waals surface area contributed by atoms with Gasteiger partial charge in [-0.25, -0.2) is 14.1 Å². The van der Waals surface area contributed by atoms with Crippen LogP contribution in [0.4, 0.5) is 4.39 Å². The van der Waals surface area contributed by atoms with Crippen molar-refractivity contribution in [1.82, 2.24) is 14.7 Å². The van der Waals surface area contributed by atoms with Crippen molar-refractivity contribution in [1.29, 1.82) is 0 Å². The van der Waals surface area contributed by atoms with E-state index in [1.165, 1.54) is 37.8 Å². The molecule has 6 heteroatoms. The van der Waals surface area contributed by atoms with Gasteiger partial charge in [0.15, 0.2) is 5.96 Å². The number of nitrogens with two attached hydrogens (primary N) is 1. The van der Waals surface area contributed by atoms with Gasteiger partial charge >= 0.3 is 0 Å². The second kappa shape index (κ2) is 7.26. The number of likely N-dealkylation sites (tertiary alicyclic amines) is 1. The van der Waals surface area contributed by atoms with Gasteiger partial charge in [-0.2, -0.15) is 5.10 Å². The minimum atomic E-state index is -0.254. The lowest BCUT2D eigenvalue weighted by Crippen LogP contribution is -2.38. The number of hydrogen-bond donors (Lipinski definition) is 1. The van der Waals surface area contributed by atoms with Gasteiger partial charge in [0.2, 0.25) is 0 Å². The molecule has 1 aliphatic rings. The van der Waals surface area contributed by atoms with E-state index in [-0.39, 0.29) is 5.82 Å². The lowest BCUT2D eigenvalue weighted by molar-refractivity contribution is 0.428. The van der Waals surface area contributed by atoms with Gasteiger partial charge in [0.1, 0.15) is 5.82 Å². The van der Waals surface area contributed by atoms with Crippen molar-refractivity contribution >= 4 is 5.96 Å². The van der Waals surface area contributed by atoms with Crippen LogP contribution in [0.2, 0.25) is 0 Å². The Balaban J connectivity index is 1.64. The van der Waals surface area contributed by atoms with Crippen LogP contribution >= 0.6 is 0 Å². The Hall–Kier alpha value is -2.37. The predicted octanol–water partition coefficient (Wildman–Crippen LogP) is 2.70. The monoisotopic (exact) mass is 315 g/mol. The van der Waals surface area contributed by atoms with Crippen LogP contribution in [0.1, 0.15) is 31.4 Å². The maximum absolute atomic E-state index is 13.0. The van der Waals surface area contributed by atoms with E-state index in [0.29, 0.717) is 12.5 Å². The van der Waals surface area contributed by atoms with Gasteiger partial charge in [0.05, 0.1) is 17.9 Å². The molecule has 0 unspecified atom stereocenters. The van der Waals surface area contributed by atoms with Crippen molar-refractivity contribution in [2.75, 3.05) is 13.1 Å². The molecule has 0 aliphatic carbocycles. The van der Waals surface area contributed by atoms with E-state index < -0.39 is 0 Å². The summed E-state index contributed by atoms with van der Waals surface area (Å²) in [6.07, 6.45) is 6.74. The highest BCUT2D eigenvalue weighted by atomic mass is 19.1. The van der Waals surface area contributed by atoms with Gasteiger partial charge in [0.25, 0.3) is 0 Å². The molecule has 1 fully saturated rings. The molecule has 5 nitrogen and oxygen atoms in total. The van der Waals surface area contributed by atoms with Gasteiger partial charge in [0, 0.05) is 19.3 Å². The second-order valence-corrected chi connectivity index (χ2v) is 5.80. The van der Waals surface area contributed by atoms with E-state index in [0.717, 1.165) is 24.5 Å². The Morgan fingerprint density at radius 3 is 2.48 bits per heavy atom. The SMILES string of the molecule is NC(=NCc1ccn(-c2ccc(F)cc2)n1)N1CCCCCC1. The van der Waals surface area contributed by atoms with E-state index in [1.807, 2.05) is 12.3 Å². The Morgan fingerprint density at radius 1 is 1.09 bits per heavy atom. The highest BCUT2D eigenvalue weighted by Gasteiger charge is 2.11. The molecule has 122 valence electrons. The first kappa shape index (κ1) is 15.5. The molecule has 1 saturated heterocycles. The molecule has 0 amide bonds. The van der Waals surface area contributed by atoms with E-state index in [4.69, 9.17) is 5.73 Å². The number of aromatic nitrogens is 2. The normalized spacial score (nSPS) is 16.4. The molecule has 1 aliphatic heterocycles. The molecule has 2 heterocycles. The van der Waals surface area contributed by atoms with Gasteiger partial charge in [-0.1, -0.05) is 12.8 Å². The van der Waals surface area contributed by atoms with Gasteiger partial charge in [-0.05, 0) is 43.2 Å². The summed E-state index contributed by atoms with van der Waals surface area (Å²) in [4.78, 5) is 6.62. The van der Waals surface area contributed by atoms with Crippen molar-refractivity contribution in [2.45, 2.75) is 32.2 Å². The zero-order valence-electron chi connectivity index (χ0n) is 13.2. The minimum Gasteiger partial charge on any atom is -0.370 e. The van der Waals surface area contributed by atoms with Crippen LogP contribution in [0, 0.1) is 5.82 Å². The molecule has 2 aromatic rings. The van der Waals surface area contributed by atoms with Crippen molar-refractivity contribution in [3.05, 3.63) is 48.0 Å². The Labute approximate surface area is 135 Å². The number of halogens is 1. The zero-order valence-corrected chi connectivity index (χ0v) is 13.2. The smallest absolute Gasteiger partial charge is 0.191 e. The molecule has 1 aromatic heterocycles. The molecule has 3 rings (SSSR count). The first-order valence-electron chi connectivity index (χ1n) is 8.08. The third-order valence-electron chi connectivity index (χ3n) is 4.07. The van der Waals surface area contributed by atoms with Crippen LogP contribution in [-0.2, 0) is 6.54 Å². The third kappa shape index (κ3) is 4.09. The molecule has 2 N–H and O–H groups in total. The highest BCUT2D eigenvalue weighted by molar-refractivity contribution is 5.78. The Kier molecular flexibility index (Phi) is 4.90. The molecule has 0 atom stereocenters. The van der Waals surface area contributed by atoms with Gasteiger partial charge < -0.3 is 10.6 Å². The molecule has 23 heavy (non-hydrogen) atoms. The maximum atomic E-state index is 13.0. The fourth-order valence-electron chi connectivity index (χ4n) is 2.75. The first-order valence-corrected chi connectivity index (χ1v) is 8.08. The molecule has 0 bridgehead atoms. The van der Waals surface area contributed by atoms with Crippen molar-refractivity contribution < 1.29 is 4.39 Å². The van der Waals surface area contributed by atoms with Crippen LogP contribution in [-0.4, -0.2) is 33.7 Å². The molecule has 0 saturated carbocycles. The summed E-state index contributed by atoms with van der Waals surface area (Å²) in [6.45, 7) is 2.43. The number of hydrogen-bond acceptors (Lipinski definition) is 2. The third-order valence-corrected chi connectivity index (χ3v) is 4.07. The molecular weight excluding hydrogens is 293 g/mol. The van der Waals surface area contributed by atoms with E-state index >= 15 is 0 Å². The summed E-state index contributed by atoms with van der Waals surface area (Å²) >= 11 is 0. The largest absolute Gasteiger partial charge is 0.370 e. The fourth-order valence-corrected chi connectivity index (χ4v) is 2.75. The molecular formula is C17H22FN5. The summed E-state index contributed by atoms with van der Waals surface area (Å²) in [5.41, 5.74) is 7.76. The number of aliphatic imine (C=N–C) groups is 1. The standard InChI is InChI=1S/C17H22FN5/c18-14-5-7-16(8-6-14)23-12-9-15(21-23)13-20-17(19)22-10-3-1-2-4-11-22/h5-9,12H,1-4,10-11,13H2,(H2,19,20). The summed E-state index contributed by atoms with van der Waals surface area (Å²) in [6, 6.07) is 8.14.